The largest absolute Gasteiger partial charge is 0.370 e. The van der Waals surface area contributed by atoms with Gasteiger partial charge in [0.1, 0.15) is 6.10 Å². The third-order valence-electron chi connectivity index (χ3n) is 2.25. The van der Waals surface area contributed by atoms with Crippen LogP contribution < -0.4 is 11.1 Å². The van der Waals surface area contributed by atoms with E-state index in [4.69, 9.17) is 10.5 Å². The summed E-state index contributed by atoms with van der Waals surface area (Å²) in [5.74, 6) is 0.0348. The molecule has 1 aromatic heterocycles. The fraction of sp³-hybridized carbons (Fsp3) is 0.600. The maximum atomic E-state index is 11.5. The zero-order valence-corrected chi connectivity index (χ0v) is 10.3. The summed E-state index contributed by atoms with van der Waals surface area (Å²) in [6.07, 6.45) is 1.19. The Balaban J connectivity index is 2.37. The lowest BCUT2D eigenvalue weighted by atomic mass is 10.2. The summed E-state index contributed by atoms with van der Waals surface area (Å²) >= 11 is 1.58. The van der Waals surface area contributed by atoms with Crippen LogP contribution in [-0.2, 0) is 9.53 Å². The van der Waals surface area contributed by atoms with Gasteiger partial charge in [0.2, 0.25) is 5.91 Å². The zero-order chi connectivity index (χ0) is 12.0. The van der Waals surface area contributed by atoms with E-state index < -0.39 is 6.10 Å². The van der Waals surface area contributed by atoms with Crippen molar-refractivity contribution in [3.63, 3.8) is 0 Å². The molecule has 0 spiro atoms. The molecule has 1 aromatic rings. The fourth-order valence-corrected chi connectivity index (χ4v) is 1.94. The van der Waals surface area contributed by atoms with Gasteiger partial charge in [-0.05, 0) is 0 Å². The van der Waals surface area contributed by atoms with E-state index in [0.29, 0.717) is 6.54 Å². The molecule has 0 aliphatic rings. The van der Waals surface area contributed by atoms with E-state index in [1.165, 1.54) is 7.11 Å². The van der Waals surface area contributed by atoms with Crippen LogP contribution in [0.5, 0.6) is 0 Å². The van der Waals surface area contributed by atoms with Gasteiger partial charge in [-0.1, -0.05) is 6.92 Å². The second-order valence-corrected chi connectivity index (χ2v) is 4.40. The molecule has 2 unspecified atom stereocenters. The second kappa shape index (κ2) is 6.57. The Bertz CT molecular complexity index is 312. The minimum Gasteiger partial charge on any atom is -0.370 e. The van der Waals surface area contributed by atoms with Gasteiger partial charge in [0, 0.05) is 37.7 Å². The lowest BCUT2D eigenvalue weighted by Gasteiger charge is -2.15. The number of carbonyl (C=O) groups excluding carboxylic acids is 1. The Hall–Kier alpha value is -0.980. The summed E-state index contributed by atoms with van der Waals surface area (Å²) in [4.78, 5) is 15.7. The van der Waals surface area contributed by atoms with Crippen molar-refractivity contribution >= 4 is 17.2 Å². The number of aromatic nitrogens is 1. The number of nitrogens with zero attached hydrogens (tertiary/aromatic N) is 1. The van der Waals surface area contributed by atoms with E-state index in [2.05, 4.69) is 10.3 Å². The fourth-order valence-electron chi connectivity index (χ4n) is 1.24. The van der Waals surface area contributed by atoms with Gasteiger partial charge < -0.3 is 15.8 Å². The Labute approximate surface area is 99.0 Å². The molecule has 0 saturated heterocycles. The molecule has 0 bridgehead atoms. The predicted octanol–water partition coefficient (Wildman–Crippen LogP) is 0.337. The highest BCUT2D eigenvalue weighted by Crippen LogP contribution is 2.16. The summed E-state index contributed by atoms with van der Waals surface area (Å²) in [6.45, 7) is 2.75. The predicted molar refractivity (Wildman–Crippen MR) is 63.4 cm³/mol. The number of hydrogen-bond donors (Lipinski definition) is 2. The number of thiazole rings is 1. The summed E-state index contributed by atoms with van der Waals surface area (Å²) < 4.78 is 4.93. The Morgan fingerprint density at radius 1 is 1.75 bits per heavy atom. The number of ether oxygens (including phenoxy) is 1. The third kappa shape index (κ3) is 3.55. The number of methoxy groups -OCH3 is 1. The van der Waals surface area contributed by atoms with Gasteiger partial charge in [-0.15, -0.1) is 11.3 Å². The second-order valence-electron chi connectivity index (χ2n) is 3.48. The van der Waals surface area contributed by atoms with Gasteiger partial charge in [-0.3, -0.25) is 4.79 Å². The van der Waals surface area contributed by atoms with Crippen molar-refractivity contribution in [1.29, 1.82) is 0 Å². The van der Waals surface area contributed by atoms with E-state index in [1.54, 1.807) is 17.5 Å². The molecule has 0 aliphatic heterocycles. The van der Waals surface area contributed by atoms with E-state index in [9.17, 15) is 4.79 Å². The lowest BCUT2D eigenvalue weighted by Crippen LogP contribution is -2.41. The van der Waals surface area contributed by atoms with Gasteiger partial charge in [-0.25, -0.2) is 4.98 Å². The van der Waals surface area contributed by atoms with Crippen molar-refractivity contribution in [3.05, 3.63) is 16.6 Å². The Kier molecular flexibility index (Phi) is 5.37. The average molecular weight is 243 g/mol. The van der Waals surface area contributed by atoms with Crippen molar-refractivity contribution in [2.75, 3.05) is 20.2 Å². The van der Waals surface area contributed by atoms with E-state index in [1.807, 2.05) is 12.3 Å². The maximum absolute atomic E-state index is 11.5. The van der Waals surface area contributed by atoms with Crippen molar-refractivity contribution in [2.24, 2.45) is 5.73 Å². The SMILES string of the molecule is COC(CN)C(=O)NCC(C)c1nccs1. The van der Waals surface area contributed by atoms with Gasteiger partial charge in [0.25, 0.3) is 0 Å². The first-order chi connectivity index (χ1) is 7.69. The number of nitrogens with one attached hydrogen (secondary N) is 1. The Morgan fingerprint density at radius 3 is 3.00 bits per heavy atom. The number of amides is 1. The summed E-state index contributed by atoms with van der Waals surface area (Å²) in [6, 6.07) is 0. The molecular formula is C10H17N3O2S. The Morgan fingerprint density at radius 2 is 2.50 bits per heavy atom. The van der Waals surface area contributed by atoms with Crippen LogP contribution in [0.2, 0.25) is 0 Å². The first kappa shape index (κ1) is 13.1. The molecule has 0 fully saturated rings. The van der Waals surface area contributed by atoms with Crippen LogP contribution in [0.25, 0.3) is 0 Å². The van der Waals surface area contributed by atoms with Crippen LogP contribution in [0.4, 0.5) is 0 Å². The van der Waals surface area contributed by atoms with Gasteiger partial charge in [-0.2, -0.15) is 0 Å². The maximum Gasteiger partial charge on any atom is 0.250 e. The monoisotopic (exact) mass is 243 g/mol. The minimum atomic E-state index is -0.566. The van der Waals surface area contributed by atoms with Crippen LogP contribution in [0, 0.1) is 0 Å². The van der Waals surface area contributed by atoms with Gasteiger partial charge >= 0.3 is 0 Å². The highest BCUT2D eigenvalue weighted by Gasteiger charge is 2.17. The standard InChI is InChI=1S/C10H17N3O2S/c1-7(10-12-3-4-16-10)6-13-9(14)8(5-11)15-2/h3-4,7-8H,5-6,11H2,1-2H3,(H,13,14). The average Bonchev–Trinajstić information content (AvgIpc) is 2.81. The van der Waals surface area contributed by atoms with Crippen LogP contribution in [0.1, 0.15) is 17.8 Å². The molecule has 3 N–H and O–H groups in total. The van der Waals surface area contributed by atoms with Gasteiger partial charge in [0.15, 0.2) is 0 Å². The highest BCUT2D eigenvalue weighted by atomic mass is 32.1. The molecule has 0 aromatic carbocycles. The molecule has 0 aliphatic carbocycles. The van der Waals surface area contributed by atoms with E-state index in [-0.39, 0.29) is 18.4 Å². The molecule has 5 nitrogen and oxygen atoms in total. The first-order valence-corrected chi connectivity index (χ1v) is 5.97. The van der Waals surface area contributed by atoms with Crippen molar-refractivity contribution in [3.8, 4) is 0 Å². The minimum absolute atomic E-state index is 0.173. The normalized spacial score (nSPS) is 14.4. The molecule has 16 heavy (non-hydrogen) atoms. The molecule has 1 rings (SSSR count). The van der Waals surface area contributed by atoms with Crippen LogP contribution >= 0.6 is 11.3 Å². The van der Waals surface area contributed by atoms with Gasteiger partial charge in [0.05, 0.1) is 5.01 Å². The molecule has 6 heteroatoms. The van der Waals surface area contributed by atoms with Crippen LogP contribution in [0.3, 0.4) is 0 Å². The van der Waals surface area contributed by atoms with E-state index in [0.717, 1.165) is 5.01 Å². The molecule has 1 heterocycles. The summed E-state index contributed by atoms with van der Waals surface area (Å²) in [7, 11) is 1.47. The van der Waals surface area contributed by atoms with E-state index >= 15 is 0 Å². The van der Waals surface area contributed by atoms with Crippen molar-refractivity contribution in [2.45, 2.75) is 18.9 Å². The van der Waals surface area contributed by atoms with Crippen molar-refractivity contribution < 1.29 is 9.53 Å². The van der Waals surface area contributed by atoms with Crippen LogP contribution in [-0.4, -0.2) is 37.2 Å². The molecule has 2 atom stereocenters. The smallest absolute Gasteiger partial charge is 0.250 e. The summed E-state index contributed by atoms with van der Waals surface area (Å²) in [5, 5.41) is 5.73. The number of carbonyl (C=O) groups is 1. The lowest BCUT2D eigenvalue weighted by molar-refractivity contribution is -0.130. The summed E-state index contributed by atoms with van der Waals surface area (Å²) in [5.41, 5.74) is 5.39. The molecule has 90 valence electrons. The third-order valence-corrected chi connectivity index (χ3v) is 3.25. The first-order valence-electron chi connectivity index (χ1n) is 5.09. The number of hydrogen-bond acceptors (Lipinski definition) is 5. The zero-order valence-electron chi connectivity index (χ0n) is 9.47. The molecule has 0 saturated carbocycles. The van der Waals surface area contributed by atoms with Crippen LogP contribution in [0.15, 0.2) is 11.6 Å². The number of nitrogens with two attached hydrogens (primary N) is 1. The molecule has 0 radical (unpaired) electrons. The molecular weight excluding hydrogens is 226 g/mol. The molecule has 1 amide bonds. The topological polar surface area (TPSA) is 77.2 Å². The quantitative estimate of drug-likeness (QED) is 0.755. The number of rotatable bonds is 6. The van der Waals surface area contributed by atoms with Crippen molar-refractivity contribution in [1.82, 2.24) is 10.3 Å². The highest BCUT2D eigenvalue weighted by molar-refractivity contribution is 7.09.